The molecular formula is C9H18ClNO2S. The Morgan fingerprint density at radius 1 is 1.21 bits per heavy atom. The van der Waals surface area contributed by atoms with Gasteiger partial charge in [0.15, 0.2) is 0 Å². The first-order chi connectivity index (χ1) is 6.67. The molecule has 1 saturated carbocycles. The molecule has 0 spiro atoms. The summed E-state index contributed by atoms with van der Waals surface area (Å²) in [6.45, 7) is 0.533. The molecule has 0 aliphatic heterocycles. The second-order valence-corrected chi connectivity index (χ2v) is 6.17. The first kappa shape index (κ1) is 12.3. The van der Waals surface area contributed by atoms with E-state index in [-0.39, 0.29) is 5.25 Å². The zero-order valence-electron chi connectivity index (χ0n) is 8.34. The molecule has 1 aliphatic carbocycles. The van der Waals surface area contributed by atoms with Gasteiger partial charge >= 0.3 is 0 Å². The average Bonchev–Trinajstić information content (AvgIpc) is 2.65. The van der Waals surface area contributed by atoms with Crippen LogP contribution in [0, 0.1) is 0 Å². The Bertz CT molecular complexity index is 248. The van der Waals surface area contributed by atoms with E-state index in [0.29, 0.717) is 12.4 Å². The maximum atomic E-state index is 11.7. The van der Waals surface area contributed by atoms with E-state index >= 15 is 0 Å². The Hall–Kier alpha value is 0.200. The molecule has 1 rings (SSSR count). The Morgan fingerprint density at radius 2 is 1.86 bits per heavy atom. The Balaban J connectivity index is 2.26. The van der Waals surface area contributed by atoms with E-state index in [1.54, 1.807) is 0 Å². The zero-order chi connectivity index (χ0) is 10.4. The van der Waals surface area contributed by atoms with Crippen molar-refractivity contribution in [3.05, 3.63) is 0 Å². The minimum Gasteiger partial charge on any atom is -0.215 e. The number of hydrogen-bond acceptors (Lipinski definition) is 2. The maximum absolute atomic E-state index is 11.7. The van der Waals surface area contributed by atoms with Gasteiger partial charge in [-0.25, -0.2) is 13.1 Å². The summed E-state index contributed by atoms with van der Waals surface area (Å²) in [5, 5.41) is -0.140. The summed E-state index contributed by atoms with van der Waals surface area (Å²) in [6.07, 6.45) is 5.44. The van der Waals surface area contributed by atoms with Crippen LogP contribution < -0.4 is 4.72 Å². The van der Waals surface area contributed by atoms with Crippen LogP contribution in [0.2, 0.25) is 0 Å². The molecule has 0 aromatic carbocycles. The van der Waals surface area contributed by atoms with Crippen LogP contribution in [0.15, 0.2) is 0 Å². The van der Waals surface area contributed by atoms with Gasteiger partial charge in [0.1, 0.15) is 0 Å². The van der Waals surface area contributed by atoms with Crippen molar-refractivity contribution < 1.29 is 8.42 Å². The summed E-state index contributed by atoms with van der Waals surface area (Å²) in [5.41, 5.74) is 0. The number of unbranched alkanes of at least 4 members (excludes halogenated alkanes) is 1. The van der Waals surface area contributed by atoms with Gasteiger partial charge in [0.05, 0.1) is 5.25 Å². The predicted molar refractivity (Wildman–Crippen MR) is 59.1 cm³/mol. The van der Waals surface area contributed by atoms with Gasteiger partial charge in [-0.2, -0.15) is 0 Å². The standard InChI is InChI=1S/C9H18ClNO2S/c10-7-3-4-8-11-14(12,13)9-5-1-2-6-9/h9,11H,1-8H2. The largest absolute Gasteiger partial charge is 0.215 e. The first-order valence-electron chi connectivity index (χ1n) is 5.21. The molecule has 0 heterocycles. The highest BCUT2D eigenvalue weighted by Gasteiger charge is 2.27. The SMILES string of the molecule is O=S(=O)(NCCCCCl)C1CCCC1. The topological polar surface area (TPSA) is 46.2 Å². The molecular weight excluding hydrogens is 222 g/mol. The third-order valence-electron chi connectivity index (χ3n) is 2.60. The van der Waals surface area contributed by atoms with Gasteiger partial charge in [-0.3, -0.25) is 0 Å². The summed E-state index contributed by atoms with van der Waals surface area (Å²) in [7, 11) is -3.03. The van der Waals surface area contributed by atoms with E-state index in [2.05, 4.69) is 4.72 Å². The van der Waals surface area contributed by atoms with E-state index in [1.807, 2.05) is 0 Å². The van der Waals surface area contributed by atoms with Crippen molar-refractivity contribution in [3.63, 3.8) is 0 Å². The Labute approximate surface area is 91.3 Å². The summed E-state index contributed by atoms with van der Waals surface area (Å²) >= 11 is 5.50. The van der Waals surface area contributed by atoms with Crippen LogP contribution in [0.25, 0.3) is 0 Å². The smallest absolute Gasteiger partial charge is 0.214 e. The molecule has 3 nitrogen and oxygen atoms in total. The third kappa shape index (κ3) is 3.75. The number of nitrogens with one attached hydrogen (secondary N) is 1. The van der Waals surface area contributed by atoms with Gasteiger partial charge < -0.3 is 0 Å². The Morgan fingerprint density at radius 3 is 2.43 bits per heavy atom. The van der Waals surface area contributed by atoms with Gasteiger partial charge in [-0.15, -0.1) is 11.6 Å². The lowest BCUT2D eigenvalue weighted by molar-refractivity contribution is 0.562. The van der Waals surface area contributed by atoms with Crippen molar-refractivity contribution in [2.45, 2.75) is 43.8 Å². The fourth-order valence-corrected chi connectivity index (χ4v) is 3.56. The summed E-state index contributed by atoms with van der Waals surface area (Å²) < 4.78 is 26.0. The van der Waals surface area contributed by atoms with Crippen LogP contribution in [-0.4, -0.2) is 26.1 Å². The highest BCUT2D eigenvalue weighted by Crippen LogP contribution is 2.23. The van der Waals surface area contributed by atoms with Gasteiger partial charge in [0, 0.05) is 12.4 Å². The van der Waals surface area contributed by atoms with Gasteiger partial charge in [0.2, 0.25) is 10.0 Å². The lowest BCUT2D eigenvalue weighted by Gasteiger charge is -2.11. The third-order valence-corrected chi connectivity index (χ3v) is 4.83. The van der Waals surface area contributed by atoms with Crippen molar-refractivity contribution in [1.82, 2.24) is 4.72 Å². The first-order valence-corrected chi connectivity index (χ1v) is 7.29. The summed E-state index contributed by atoms with van der Waals surface area (Å²) in [6, 6.07) is 0. The zero-order valence-corrected chi connectivity index (χ0v) is 9.91. The molecule has 84 valence electrons. The van der Waals surface area contributed by atoms with Crippen molar-refractivity contribution in [3.8, 4) is 0 Å². The maximum Gasteiger partial charge on any atom is 0.214 e. The summed E-state index contributed by atoms with van der Waals surface area (Å²) in [4.78, 5) is 0. The molecule has 0 aromatic rings. The molecule has 0 radical (unpaired) electrons. The molecule has 0 unspecified atom stereocenters. The normalized spacial score (nSPS) is 18.9. The number of halogens is 1. The number of alkyl halides is 1. The van der Waals surface area contributed by atoms with Crippen molar-refractivity contribution in [2.75, 3.05) is 12.4 Å². The minimum atomic E-state index is -3.03. The quantitative estimate of drug-likeness (QED) is 0.568. The predicted octanol–water partition coefficient (Wildman–Crippen LogP) is 1.87. The minimum absolute atomic E-state index is 0.140. The lowest BCUT2D eigenvalue weighted by atomic mass is 10.3. The number of sulfonamides is 1. The van der Waals surface area contributed by atoms with E-state index < -0.39 is 10.0 Å². The monoisotopic (exact) mass is 239 g/mol. The fourth-order valence-electron chi connectivity index (χ4n) is 1.75. The van der Waals surface area contributed by atoms with Crippen LogP contribution in [-0.2, 0) is 10.0 Å². The van der Waals surface area contributed by atoms with Crippen LogP contribution in [0.5, 0.6) is 0 Å². The van der Waals surface area contributed by atoms with Crippen LogP contribution in [0.4, 0.5) is 0 Å². The molecule has 5 heteroatoms. The molecule has 0 amide bonds. The lowest BCUT2D eigenvalue weighted by Crippen LogP contribution is -2.33. The second kappa shape index (κ2) is 5.93. The van der Waals surface area contributed by atoms with Crippen molar-refractivity contribution in [2.24, 2.45) is 0 Å². The highest BCUT2D eigenvalue weighted by molar-refractivity contribution is 7.90. The molecule has 0 saturated heterocycles. The number of hydrogen-bond donors (Lipinski definition) is 1. The summed E-state index contributed by atoms with van der Waals surface area (Å²) in [5.74, 6) is 0.602. The Kier molecular flexibility index (Phi) is 5.20. The van der Waals surface area contributed by atoms with Gasteiger partial charge in [0.25, 0.3) is 0 Å². The van der Waals surface area contributed by atoms with Gasteiger partial charge in [-0.1, -0.05) is 12.8 Å². The van der Waals surface area contributed by atoms with E-state index in [0.717, 1.165) is 38.5 Å². The van der Waals surface area contributed by atoms with Crippen LogP contribution in [0.3, 0.4) is 0 Å². The highest BCUT2D eigenvalue weighted by atomic mass is 35.5. The molecule has 0 atom stereocenters. The molecule has 1 aliphatic rings. The average molecular weight is 240 g/mol. The second-order valence-electron chi connectivity index (χ2n) is 3.74. The van der Waals surface area contributed by atoms with E-state index in [4.69, 9.17) is 11.6 Å². The van der Waals surface area contributed by atoms with E-state index in [9.17, 15) is 8.42 Å². The molecule has 1 N–H and O–H groups in total. The fraction of sp³-hybridized carbons (Fsp3) is 1.00. The van der Waals surface area contributed by atoms with Crippen molar-refractivity contribution in [1.29, 1.82) is 0 Å². The van der Waals surface area contributed by atoms with E-state index in [1.165, 1.54) is 0 Å². The molecule has 14 heavy (non-hydrogen) atoms. The van der Waals surface area contributed by atoms with Crippen LogP contribution >= 0.6 is 11.6 Å². The molecule has 0 aromatic heterocycles. The molecule has 1 fully saturated rings. The number of rotatable bonds is 6. The molecule has 0 bridgehead atoms. The van der Waals surface area contributed by atoms with Crippen LogP contribution in [0.1, 0.15) is 38.5 Å². The van der Waals surface area contributed by atoms with Gasteiger partial charge in [-0.05, 0) is 25.7 Å². The van der Waals surface area contributed by atoms with Crippen molar-refractivity contribution >= 4 is 21.6 Å².